The van der Waals surface area contributed by atoms with E-state index < -0.39 is 0 Å². The lowest BCUT2D eigenvalue weighted by atomic mass is 9.75. The number of hydrogen-bond acceptors (Lipinski definition) is 1. The van der Waals surface area contributed by atoms with E-state index >= 15 is 0 Å². The molecule has 2 aliphatic rings. The first-order valence-corrected chi connectivity index (χ1v) is 6.70. The van der Waals surface area contributed by atoms with Crippen LogP contribution in [0.2, 0.25) is 0 Å². The Balaban J connectivity index is 2.08. The van der Waals surface area contributed by atoms with Crippen molar-refractivity contribution in [1.82, 2.24) is 5.32 Å². The van der Waals surface area contributed by atoms with Crippen molar-refractivity contribution in [1.29, 1.82) is 0 Å². The monoisotopic (exact) mass is 229 g/mol. The summed E-state index contributed by atoms with van der Waals surface area (Å²) < 4.78 is 0. The zero-order valence-corrected chi connectivity index (χ0v) is 10.2. The van der Waals surface area contributed by atoms with Crippen LogP contribution in [0.1, 0.15) is 49.7 Å². The molecule has 1 aromatic rings. The maximum absolute atomic E-state index is 11.9. The Bertz CT molecular complexity index is 432. The fourth-order valence-electron chi connectivity index (χ4n) is 3.40. The lowest BCUT2D eigenvalue weighted by Crippen LogP contribution is -2.46. The molecule has 1 aliphatic heterocycles. The second-order valence-electron chi connectivity index (χ2n) is 5.35. The van der Waals surface area contributed by atoms with Crippen LogP contribution in [-0.2, 0) is 16.8 Å². The normalized spacial score (nSPS) is 22.7. The molecule has 1 saturated carbocycles. The smallest absolute Gasteiger partial charge is 0.221 e. The van der Waals surface area contributed by atoms with Crippen molar-refractivity contribution in [2.75, 3.05) is 0 Å². The number of benzene rings is 1. The van der Waals surface area contributed by atoms with E-state index in [1.807, 2.05) is 0 Å². The third-order valence-corrected chi connectivity index (χ3v) is 4.24. The van der Waals surface area contributed by atoms with Crippen molar-refractivity contribution in [2.45, 2.75) is 50.5 Å². The molecule has 17 heavy (non-hydrogen) atoms. The molecule has 1 aromatic carbocycles. The van der Waals surface area contributed by atoms with Crippen LogP contribution in [0.15, 0.2) is 24.3 Å². The Morgan fingerprint density at radius 2 is 1.76 bits per heavy atom. The molecule has 0 radical (unpaired) electrons. The van der Waals surface area contributed by atoms with E-state index in [4.69, 9.17) is 0 Å². The van der Waals surface area contributed by atoms with E-state index in [0.29, 0.717) is 6.42 Å². The molecule has 0 unspecified atom stereocenters. The first kappa shape index (κ1) is 10.8. The molecule has 2 heteroatoms. The fraction of sp³-hybridized carbons (Fsp3) is 0.533. The van der Waals surface area contributed by atoms with Crippen LogP contribution in [0.5, 0.6) is 0 Å². The lowest BCUT2D eigenvalue weighted by molar-refractivity contribution is -0.123. The standard InChI is InChI=1S/C15H19NO/c17-14-9-8-12-6-2-3-7-13(12)15(16-14)10-4-1-5-11-15/h2-3,6-7H,1,4-5,8-11H2,(H,16,17). The summed E-state index contributed by atoms with van der Waals surface area (Å²) in [4.78, 5) is 11.9. The topological polar surface area (TPSA) is 29.1 Å². The Morgan fingerprint density at radius 1 is 1.00 bits per heavy atom. The van der Waals surface area contributed by atoms with Gasteiger partial charge in [-0.2, -0.15) is 0 Å². The number of fused-ring (bicyclic) bond motifs is 2. The van der Waals surface area contributed by atoms with Crippen LogP contribution in [0.3, 0.4) is 0 Å². The van der Waals surface area contributed by atoms with Gasteiger partial charge in [0, 0.05) is 6.42 Å². The zero-order chi connectivity index (χ0) is 11.7. The van der Waals surface area contributed by atoms with Crippen molar-refractivity contribution in [3.8, 4) is 0 Å². The average Bonchev–Trinajstić information content (AvgIpc) is 2.49. The molecular weight excluding hydrogens is 210 g/mol. The summed E-state index contributed by atoms with van der Waals surface area (Å²) in [5.74, 6) is 0.225. The third-order valence-electron chi connectivity index (χ3n) is 4.24. The Labute approximate surface area is 102 Å². The second kappa shape index (κ2) is 4.17. The van der Waals surface area contributed by atoms with Crippen molar-refractivity contribution < 1.29 is 4.79 Å². The highest BCUT2D eigenvalue weighted by atomic mass is 16.1. The zero-order valence-electron chi connectivity index (χ0n) is 10.2. The Hall–Kier alpha value is -1.31. The van der Waals surface area contributed by atoms with Gasteiger partial charge in [0.2, 0.25) is 5.91 Å². The maximum atomic E-state index is 11.9. The van der Waals surface area contributed by atoms with Gasteiger partial charge in [-0.1, -0.05) is 43.5 Å². The van der Waals surface area contributed by atoms with Gasteiger partial charge < -0.3 is 5.32 Å². The van der Waals surface area contributed by atoms with Crippen LogP contribution < -0.4 is 5.32 Å². The summed E-state index contributed by atoms with van der Waals surface area (Å²) in [6.45, 7) is 0. The molecule has 1 fully saturated rings. The van der Waals surface area contributed by atoms with Gasteiger partial charge in [0.15, 0.2) is 0 Å². The van der Waals surface area contributed by atoms with Gasteiger partial charge >= 0.3 is 0 Å². The van der Waals surface area contributed by atoms with Gasteiger partial charge in [0.25, 0.3) is 0 Å². The van der Waals surface area contributed by atoms with Gasteiger partial charge in [-0.3, -0.25) is 4.79 Å². The minimum absolute atomic E-state index is 0.0531. The summed E-state index contributed by atoms with van der Waals surface area (Å²) >= 11 is 0. The summed E-state index contributed by atoms with van der Waals surface area (Å²) in [6.07, 6.45) is 7.51. The van der Waals surface area contributed by atoms with Gasteiger partial charge in [0.05, 0.1) is 5.54 Å². The molecule has 0 aromatic heterocycles. The quantitative estimate of drug-likeness (QED) is 0.728. The Kier molecular flexibility index (Phi) is 2.65. The molecule has 0 atom stereocenters. The highest BCUT2D eigenvalue weighted by molar-refractivity contribution is 5.78. The summed E-state index contributed by atoms with van der Waals surface area (Å²) in [5, 5.41) is 3.31. The van der Waals surface area contributed by atoms with Crippen molar-refractivity contribution in [3.05, 3.63) is 35.4 Å². The maximum Gasteiger partial charge on any atom is 0.221 e. The molecule has 3 rings (SSSR count). The highest BCUT2D eigenvalue weighted by Gasteiger charge is 2.38. The number of carbonyl (C=O) groups excluding carboxylic acids is 1. The molecule has 1 heterocycles. The predicted octanol–water partition coefficient (Wildman–Crippen LogP) is 2.91. The molecule has 0 saturated heterocycles. The van der Waals surface area contributed by atoms with Crippen LogP contribution in [0.4, 0.5) is 0 Å². The molecular formula is C15H19NO. The third kappa shape index (κ3) is 1.86. The van der Waals surface area contributed by atoms with E-state index in [2.05, 4.69) is 29.6 Å². The molecule has 2 nitrogen and oxygen atoms in total. The summed E-state index contributed by atoms with van der Waals surface area (Å²) in [7, 11) is 0. The van der Waals surface area contributed by atoms with E-state index in [0.717, 1.165) is 19.3 Å². The number of amides is 1. The van der Waals surface area contributed by atoms with E-state index in [1.165, 1.54) is 30.4 Å². The summed E-state index contributed by atoms with van der Waals surface area (Å²) in [6, 6.07) is 8.59. The van der Waals surface area contributed by atoms with Crippen molar-refractivity contribution in [2.24, 2.45) is 0 Å². The first-order chi connectivity index (χ1) is 8.30. The van der Waals surface area contributed by atoms with Gasteiger partial charge in [0.1, 0.15) is 0 Å². The SMILES string of the molecule is O=C1CCc2ccccc2C2(CCCCC2)N1. The fourth-order valence-corrected chi connectivity index (χ4v) is 3.40. The van der Waals surface area contributed by atoms with Crippen LogP contribution in [0, 0.1) is 0 Å². The van der Waals surface area contributed by atoms with E-state index in [9.17, 15) is 4.79 Å². The predicted molar refractivity (Wildman–Crippen MR) is 67.7 cm³/mol. The molecule has 1 spiro atoms. The summed E-state index contributed by atoms with van der Waals surface area (Å²) in [5.41, 5.74) is 2.70. The number of hydrogen-bond donors (Lipinski definition) is 1. The van der Waals surface area contributed by atoms with Crippen molar-refractivity contribution >= 4 is 5.91 Å². The second-order valence-corrected chi connectivity index (χ2v) is 5.35. The van der Waals surface area contributed by atoms with Gasteiger partial charge in [-0.15, -0.1) is 0 Å². The molecule has 1 amide bonds. The minimum atomic E-state index is -0.0531. The van der Waals surface area contributed by atoms with Crippen LogP contribution >= 0.6 is 0 Å². The lowest BCUT2D eigenvalue weighted by Gasteiger charge is -2.38. The molecule has 90 valence electrons. The molecule has 1 aliphatic carbocycles. The molecule has 0 bridgehead atoms. The largest absolute Gasteiger partial charge is 0.347 e. The Morgan fingerprint density at radius 3 is 2.59 bits per heavy atom. The first-order valence-electron chi connectivity index (χ1n) is 6.70. The van der Waals surface area contributed by atoms with E-state index in [1.54, 1.807) is 0 Å². The average molecular weight is 229 g/mol. The van der Waals surface area contributed by atoms with Gasteiger partial charge in [-0.05, 0) is 30.4 Å². The number of nitrogens with one attached hydrogen (secondary N) is 1. The van der Waals surface area contributed by atoms with Crippen LogP contribution in [-0.4, -0.2) is 5.91 Å². The highest BCUT2D eigenvalue weighted by Crippen LogP contribution is 2.40. The number of carbonyl (C=O) groups is 1. The minimum Gasteiger partial charge on any atom is -0.347 e. The molecule has 1 N–H and O–H groups in total. The van der Waals surface area contributed by atoms with Crippen molar-refractivity contribution in [3.63, 3.8) is 0 Å². The van der Waals surface area contributed by atoms with E-state index in [-0.39, 0.29) is 11.4 Å². The van der Waals surface area contributed by atoms with Gasteiger partial charge in [-0.25, -0.2) is 0 Å². The number of aryl methyl sites for hydroxylation is 1. The van der Waals surface area contributed by atoms with Crippen LogP contribution in [0.25, 0.3) is 0 Å². The number of rotatable bonds is 0.